The van der Waals surface area contributed by atoms with Crippen LogP contribution < -0.4 is 5.32 Å². The second-order valence-corrected chi connectivity index (χ2v) is 5.05. The van der Waals surface area contributed by atoms with E-state index in [1.54, 1.807) is 0 Å². The highest BCUT2D eigenvalue weighted by molar-refractivity contribution is 7.24. The molecule has 0 amide bonds. The van der Waals surface area contributed by atoms with Crippen LogP contribution in [0, 0.1) is 11.8 Å². The normalized spacial score (nSPS) is 42.5. The second-order valence-electron chi connectivity index (χ2n) is 4.07. The van der Waals surface area contributed by atoms with Gasteiger partial charge in [-0.3, -0.25) is 4.57 Å². The van der Waals surface area contributed by atoms with Crippen molar-refractivity contribution in [3.8, 4) is 0 Å². The lowest BCUT2D eigenvalue weighted by molar-refractivity contribution is 0.190. The summed E-state index contributed by atoms with van der Waals surface area (Å²) in [6, 6.07) is 0. The first-order valence-electron chi connectivity index (χ1n) is 5.00. The zero-order chi connectivity index (χ0) is 8.39. The summed E-state index contributed by atoms with van der Waals surface area (Å²) in [6.07, 6.45) is 5.20. The van der Waals surface area contributed by atoms with E-state index in [1.807, 2.05) is 0 Å². The zero-order valence-electron chi connectivity index (χ0n) is 7.38. The van der Waals surface area contributed by atoms with E-state index in [0.29, 0.717) is 5.66 Å². The van der Waals surface area contributed by atoms with E-state index in [9.17, 15) is 4.57 Å². The SMILES string of the molecule is O=[PH]C1CCCC2CCNCC21. The maximum Gasteiger partial charge on any atom is 0.0616 e. The van der Waals surface area contributed by atoms with Gasteiger partial charge in [-0.25, -0.2) is 0 Å². The quantitative estimate of drug-likeness (QED) is 0.632. The molecule has 0 aromatic carbocycles. The molecule has 0 bridgehead atoms. The van der Waals surface area contributed by atoms with Gasteiger partial charge in [-0.15, -0.1) is 0 Å². The lowest BCUT2D eigenvalue weighted by atomic mass is 9.75. The molecule has 2 aliphatic rings. The first-order chi connectivity index (χ1) is 5.92. The minimum atomic E-state index is -0.0730. The lowest BCUT2D eigenvalue weighted by Crippen LogP contribution is -2.43. The smallest absolute Gasteiger partial charge is 0.0616 e. The van der Waals surface area contributed by atoms with Crippen molar-refractivity contribution in [2.75, 3.05) is 13.1 Å². The standard InChI is InChI=1S/C9H17NOP/c11-12-9-3-1-2-7-4-5-10-6-8(7)9/h7-10,12H,1-6H2. The van der Waals surface area contributed by atoms with Crippen LogP contribution in [0.15, 0.2) is 0 Å². The fourth-order valence-electron chi connectivity index (χ4n) is 2.73. The molecule has 4 atom stereocenters. The summed E-state index contributed by atoms with van der Waals surface area (Å²) in [5, 5.41) is 3.41. The fraction of sp³-hybridized carbons (Fsp3) is 1.00. The number of rotatable bonds is 1. The van der Waals surface area contributed by atoms with E-state index in [1.165, 1.54) is 32.2 Å². The summed E-state index contributed by atoms with van der Waals surface area (Å²) in [6.45, 7) is 2.29. The Bertz CT molecular complexity index is 172. The molecule has 1 aliphatic heterocycles. The van der Waals surface area contributed by atoms with Gasteiger partial charge in [-0.2, -0.15) is 0 Å². The molecule has 1 N–H and O–H groups in total. The summed E-state index contributed by atoms with van der Waals surface area (Å²) in [4.78, 5) is 0. The first kappa shape index (κ1) is 8.65. The van der Waals surface area contributed by atoms with Gasteiger partial charge in [0.05, 0.1) is 8.46 Å². The summed E-state index contributed by atoms with van der Waals surface area (Å²) >= 11 is 0. The molecule has 4 unspecified atom stereocenters. The van der Waals surface area contributed by atoms with Gasteiger partial charge in [-0.1, -0.05) is 12.8 Å². The van der Waals surface area contributed by atoms with Crippen molar-refractivity contribution in [1.82, 2.24) is 5.32 Å². The Morgan fingerprint density at radius 1 is 1.25 bits per heavy atom. The largest absolute Gasteiger partial charge is 0.316 e. The molecule has 0 aromatic heterocycles. The Kier molecular flexibility index (Phi) is 2.77. The third kappa shape index (κ3) is 1.55. The van der Waals surface area contributed by atoms with Crippen LogP contribution >= 0.6 is 8.46 Å². The summed E-state index contributed by atoms with van der Waals surface area (Å²) in [7, 11) is -0.0730. The van der Waals surface area contributed by atoms with Crippen LogP contribution in [0.5, 0.6) is 0 Å². The minimum Gasteiger partial charge on any atom is -0.316 e. The highest BCUT2D eigenvalue weighted by atomic mass is 31.1. The third-order valence-electron chi connectivity index (χ3n) is 3.44. The molecule has 2 rings (SSSR count). The molecule has 2 fully saturated rings. The number of nitrogens with one attached hydrogen (secondary N) is 1. The summed E-state index contributed by atoms with van der Waals surface area (Å²) in [5.41, 5.74) is 0.511. The van der Waals surface area contributed by atoms with Gasteiger partial charge in [0.1, 0.15) is 0 Å². The Labute approximate surface area is 75.3 Å². The van der Waals surface area contributed by atoms with Crippen LogP contribution in [0.4, 0.5) is 0 Å². The zero-order valence-corrected chi connectivity index (χ0v) is 8.38. The highest BCUT2D eigenvalue weighted by Crippen LogP contribution is 2.39. The number of fused-ring (bicyclic) bond motifs is 1. The van der Waals surface area contributed by atoms with Gasteiger partial charge in [0.2, 0.25) is 0 Å². The molecule has 12 heavy (non-hydrogen) atoms. The van der Waals surface area contributed by atoms with Crippen LogP contribution in [0.2, 0.25) is 0 Å². The molecule has 1 heterocycles. The number of hydrogen-bond donors (Lipinski definition) is 1. The molecule has 2 nitrogen and oxygen atoms in total. The van der Waals surface area contributed by atoms with Gasteiger partial charge in [0, 0.05) is 5.66 Å². The maximum atomic E-state index is 10.9. The van der Waals surface area contributed by atoms with Crippen LogP contribution in [0.1, 0.15) is 25.7 Å². The molecule has 0 aromatic rings. The van der Waals surface area contributed by atoms with Crippen LogP contribution in [0.3, 0.4) is 0 Å². The molecule has 1 aliphatic carbocycles. The van der Waals surface area contributed by atoms with E-state index < -0.39 is 0 Å². The van der Waals surface area contributed by atoms with Gasteiger partial charge >= 0.3 is 0 Å². The molecular formula is C9H17NOP. The third-order valence-corrected chi connectivity index (χ3v) is 4.46. The summed E-state index contributed by atoms with van der Waals surface area (Å²) < 4.78 is 10.9. The molecular weight excluding hydrogens is 169 g/mol. The van der Waals surface area contributed by atoms with Crippen molar-refractivity contribution >= 4 is 8.46 Å². The number of hydrogen-bond acceptors (Lipinski definition) is 2. The maximum absolute atomic E-state index is 10.9. The second kappa shape index (κ2) is 3.85. The van der Waals surface area contributed by atoms with Crippen LogP contribution in [-0.2, 0) is 4.57 Å². The Hall–Kier alpha value is 0.0600. The van der Waals surface area contributed by atoms with E-state index in [-0.39, 0.29) is 8.46 Å². The Morgan fingerprint density at radius 2 is 2.17 bits per heavy atom. The van der Waals surface area contributed by atoms with Gasteiger partial charge in [-0.05, 0) is 37.8 Å². The van der Waals surface area contributed by atoms with Crippen LogP contribution in [0.25, 0.3) is 0 Å². The van der Waals surface area contributed by atoms with Gasteiger partial charge in [0.25, 0.3) is 0 Å². The Balaban J connectivity index is 2.03. The predicted molar refractivity (Wildman–Crippen MR) is 51.1 cm³/mol. The van der Waals surface area contributed by atoms with E-state index in [4.69, 9.17) is 0 Å². The first-order valence-corrected chi connectivity index (χ1v) is 5.99. The molecule has 1 saturated heterocycles. The van der Waals surface area contributed by atoms with Crippen molar-refractivity contribution < 1.29 is 4.57 Å². The average molecular weight is 186 g/mol. The van der Waals surface area contributed by atoms with Crippen molar-refractivity contribution in [3.63, 3.8) is 0 Å². The van der Waals surface area contributed by atoms with E-state index in [2.05, 4.69) is 5.32 Å². The van der Waals surface area contributed by atoms with E-state index >= 15 is 0 Å². The van der Waals surface area contributed by atoms with Crippen LogP contribution in [-0.4, -0.2) is 18.7 Å². The molecule has 69 valence electrons. The van der Waals surface area contributed by atoms with Crippen molar-refractivity contribution in [2.45, 2.75) is 31.3 Å². The van der Waals surface area contributed by atoms with Gasteiger partial charge < -0.3 is 5.32 Å². The minimum absolute atomic E-state index is 0.0730. The van der Waals surface area contributed by atoms with Gasteiger partial charge in [0.15, 0.2) is 0 Å². The molecule has 1 saturated carbocycles. The molecule has 1 radical (unpaired) electrons. The van der Waals surface area contributed by atoms with Crippen molar-refractivity contribution in [1.29, 1.82) is 0 Å². The predicted octanol–water partition coefficient (Wildman–Crippen LogP) is 1.79. The topological polar surface area (TPSA) is 29.1 Å². The average Bonchev–Trinajstić information content (AvgIpc) is 2.17. The van der Waals surface area contributed by atoms with E-state index in [0.717, 1.165) is 18.4 Å². The monoisotopic (exact) mass is 186 g/mol. The van der Waals surface area contributed by atoms with Crippen molar-refractivity contribution in [3.05, 3.63) is 0 Å². The molecule has 0 spiro atoms. The summed E-state index contributed by atoms with van der Waals surface area (Å²) in [5.74, 6) is 1.61. The molecule has 3 heteroatoms. The highest BCUT2D eigenvalue weighted by Gasteiger charge is 2.34. The van der Waals surface area contributed by atoms with Crippen molar-refractivity contribution in [2.24, 2.45) is 11.8 Å². The number of piperidine rings is 1. The fourth-order valence-corrected chi connectivity index (χ4v) is 3.61. The Morgan fingerprint density at radius 3 is 3.00 bits per heavy atom. The lowest BCUT2D eigenvalue weighted by Gasteiger charge is -2.39.